The summed E-state index contributed by atoms with van der Waals surface area (Å²) in [7, 11) is 0. The minimum atomic E-state index is -0.265. The van der Waals surface area contributed by atoms with Gasteiger partial charge in [-0.2, -0.15) is 0 Å². The van der Waals surface area contributed by atoms with Gasteiger partial charge in [-0.25, -0.2) is 4.39 Å². The molecule has 2 saturated heterocycles. The number of fused-ring (bicyclic) bond motifs is 1. The molecule has 0 aromatic heterocycles. The summed E-state index contributed by atoms with van der Waals surface area (Å²) in [6.07, 6.45) is 5.32. The van der Waals surface area contributed by atoms with Crippen LogP contribution in [0.2, 0.25) is 0 Å². The topological polar surface area (TPSA) is 60.9 Å². The van der Waals surface area contributed by atoms with Gasteiger partial charge in [0, 0.05) is 44.8 Å². The van der Waals surface area contributed by atoms with Crippen LogP contribution in [-0.4, -0.2) is 60.2 Å². The number of hydrogen-bond donors (Lipinski definition) is 0. The Balaban J connectivity index is 1.28. The van der Waals surface area contributed by atoms with Crippen molar-refractivity contribution in [3.05, 3.63) is 42.2 Å². The molecule has 4 rings (SSSR count). The summed E-state index contributed by atoms with van der Waals surface area (Å²) in [6.45, 7) is 2.67. The summed E-state index contributed by atoms with van der Waals surface area (Å²) in [4.78, 5) is 42.7. The summed E-state index contributed by atoms with van der Waals surface area (Å²) in [5.41, 5.74) is 0.943. The Morgan fingerprint density at radius 2 is 1.50 bits per heavy atom. The molecule has 3 amide bonds. The third-order valence-corrected chi connectivity index (χ3v) is 5.97. The van der Waals surface area contributed by atoms with E-state index in [1.807, 2.05) is 12.2 Å². The van der Waals surface area contributed by atoms with E-state index in [4.69, 9.17) is 0 Å². The molecular weight excluding hydrogens is 361 g/mol. The molecule has 0 bridgehead atoms. The molecule has 0 saturated carbocycles. The number of allylic oxidation sites excluding steroid dienone is 2. The van der Waals surface area contributed by atoms with Gasteiger partial charge in [-0.05, 0) is 37.1 Å². The molecule has 0 unspecified atom stereocenters. The number of anilines is 1. The van der Waals surface area contributed by atoms with Crippen LogP contribution < -0.4 is 4.90 Å². The lowest BCUT2D eigenvalue weighted by molar-refractivity contribution is -0.140. The van der Waals surface area contributed by atoms with Crippen molar-refractivity contribution in [2.45, 2.75) is 19.3 Å². The van der Waals surface area contributed by atoms with E-state index in [0.717, 1.165) is 5.69 Å². The Hall–Kier alpha value is -2.70. The predicted molar refractivity (Wildman–Crippen MR) is 102 cm³/mol. The van der Waals surface area contributed by atoms with E-state index in [1.54, 1.807) is 17.0 Å². The van der Waals surface area contributed by atoms with Crippen LogP contribution in [0.15, 0.2) is 36.4 Å². The number of piperazine rings is 1. The number of carbonyl (C=O) groups excluding carboxylic acids is 3. The van der Waals surface area contributed by atoms with Crippen LogP contribution in [0.4, 0.5) is 10.1 Å². The quantitative estimate of drug-likeness (QED) is 0.586. The molecule has 1 aliphatic carbocycles. The maximum Gasteiger partial charge on any atom is 0.233 e. The minimum Gasteiger partial charge on any atom is -0.368 e. The highest BCUT2D eigenvalue weighted by atomic mass is 19.1. The number of benzene rings is 1. The van der Waals surface area contributed by atoms with Gasteiger partial charge in [-0.1, -0.05) is 12.2 Å². The Labute approximate surface area is 163 Å². The number of nitrogens with zero attached hydrogens (tertiary/aromatic N) is 3. The normalized spacial score (nSPS) is 24.7. The number of carbonyl (C=O) groups is 3. The highest BCUT2D eigenvalue weighted by molar-refractivity contribution is 6.05. The average Bonchev–Trinajstić information content (AvgIpc) is 2.97. The summed E-state index contributed by atoms with van der Waals surface area (Å²) < 4.78 is 13.1. The second kappa shape index (κ2) is 7.73. The second-order valence-electron chi connectivity index (χ2n) is 7.58. The molecule has 1 aromatic rings. The SMILES string of the molecule is O=C(CCN1C(=O)[C@H]2CC=CC[C@@H]2C1=O)N1CCN(c2ccc(F)cc2)CC1. The summed E-state index contributed by atoms with van der Waals surface area (Å²) in [6, 6.07) is 6.35. The second-order valence-corrected chi connectivity index (χ2v) is 7.58. The van der Waals surface area contributed by atoms with E-state index in [9.17, 15) is 18.8 Å². The van der Waals surface area contributed by atoms with Crippen LogP contribution in [0, 0.1) is 17.7 Å². The fourth-order valence-corrected chi connectivity index (χ4v) is 4.32. The van der Waals surface area contributed by atoms with E-state index in [0.29, 0.717) is 39.0 Å². The van der Waals surface area contributed by atoms with Crippen molar-refractivity contribution in [1.29, 1.82) is 0 Å². The molecule has 2 aliphatic heterocycles. The fourth-order valence-electron chi connectivity index (χ4n) is 4.32. The molecule has 0 spiro atoms. The molecule has 6 nitrogen and oxygen atoms in total. The van der Waals surface area contributed by atoms with Crippen LogP contribution >= 0.6 is 0 Å². The van der Waals surface area contributed by atoms with E-state index in [1.165, 1.54) is 17.0 Å². The first kappa shape index (κ1) is 18.7. The highest BCUT2D eigenvalue weighted by Crippen LogP contribution is 2.35. The zero-order valence-corrected chi connectivity index (χ0v) is 15.7. The molecule has 28 heavy (non-hydrogen) atoms. The largest absolute Gasteiger partial charge is 0.368 e. The fraction of sp³-hybridized carbons (Fsp3) is 0.476. The third kappa shape index (κ3) is 3.53. The molecule has 148 valence electrons. The van der Waals surface area contributed by atoms with Crippen molar-refractivity contribution in [3.63, 3.8) is 0 Å². The minimum absolute atomic E-state index is 0.0349. The van der Waals surface area contributed by atoms with Crippen LogP contribution in [0.25, 0.3) is 0 Å². The van der Waals surface area contributed by atoms with Crippen LogP contribution in [-0.2, 0) is 14.4 Å². The Morgan fingerprint density at radius 1 is 0.929 bits per heavy atom. The van der Waals surface area contributed by atoms with Gasteiger partial charge in [0.05, 0.1) is 11.8 Å². The van der Waals surface area contributed by atoms with Crippen molar-refractivity contribution in [1.82, 2.24) is 9.80 Å². The van der Waals surface area contributed by atoms with Crippen LogP contribution in [0.1, 0.15) is 19.3 Å². The smallest absolute Gasteiger partial charge is 0.233 e. The standard InChI is InChI=1S/C21H24FN3O3/c22-15-5-7-16(8-6-15)23-11-13-24(14-12-23)19(26)9-10-25-20(27)17-3-1-2-4-18(17)21(25)28/h1-2,5-8,17-18H,3-4,9-14H2/t17-,18-/m0/s1. The molecule has 1 aromatic carbocycles. The molecule has 2 fully saturated rings. The van der Waals surface area contributed by atoms with Crippen molar-refractivity contribution in [3.8, 4) is 0 Å². The number of rotatable bonds is 4. The van der Waals surface area contributed by atoms with Gasteiger partial charge in [0.2, 0.25) is 17.7 Å². The van der Waals surface area contributed by atoms with E-state index < -0.39 is 0 Å². The Kier molecular flexibility index (Phi) is 5.15. The lowest BCUT2D eigenvalue weighted by Gasteiger charge is -2.36. The first-order valence-electron chi connectivity index (χ1n) is 9.83. The average molecular weight is 385 g/mol. The van der Waals surface area contributed by atoms with Crippen molar-refractivity contribution >= 4 is 23.4 Å². The van der Waals surface area contributed by atoms with Crippen LogP contribution in [0.3, 0.4) is 0 Å². The zero-order valence-electron chi connectivity index (χ0n) is 15.7. The summed E-state index contributed by atoms with van der Waals surface area (Å²) in [5.74, 6) is -1.05. The summed E-state index contributed by atoms with van der Waals surface area (Å²) >= 11 is 0. The van der Waals surface area contributed by atoms with E-state index in [-0.39, 0.29) is 48.3 Å². The maximum atomic E-state index is 13.1. The Morgan fingerprint density at radius 3 is 2.07 bits per heavy atom. The number of imide groups is 1. The maximum absolute atomic E-state index is 13.1. The van der Waals surface area contributed by atoms with Gasteiger partial charge in [0.1, 0.15) is 5.82 Å². The predicted octanol–water partition coefficient (Wildman–Crippen LogP) is 1.82. The molecule has 2 atom stereocenters. The van der Waals surface area contributed by atoms with Gasteiger partial charge in [0.15, 0.2) is 0 Å². The van der Waals surface area contributed by atoms with Crippen LogP contribution in [0.5, 0.6) is 0 Å². The van der Waals surface area contributed by atoms with Gasteiger partial charge in [0.25, 0.3) is 0 Å². The first-order valence-corrected chi connectivity index (χ1v) is 9.83. The summed E-state index contributed by atoms with van der Waals surface area (Å²) in [5, 5.41) is 0. The number of halogens is 1. The first-order chi connectivity index (χ1) is 13.5. The molecule has 2 heterocycles. The molecule has 7 heteroatoms. The van der Waals surface area contributed by atoms with Gasteiger partial charge in [-0.3, -0.25) is 19.3 Å². The van der Waals surface area contributed by atoms with Gasteiger partial charge in [-0.15, -0.1) is 0 Å². The molecule has 0 radical (unpaired) electrons. The van der Waals surface area contributed by atoms with Gasteiger partial charge < -0.3 is 9.80 Å². The molecule has 0 N–H and O–H groups in total. The molecule has 3 aliphatic rings. The van der Waals surface area contributed by atoms with Crippen molar-refractivity contribution < 1.29 is 18.8 Å². The Bertz CT molecular complexity index is 774. The van der Waals surface area contributed by atoms with Crippen molar-refractivity contribution in [2.24, 2.45) is 11.8 Å². The van der Waals surface area contributed by atoms with Crippen molar-refractivity contribution in [2.75, 3.05) is 37.6 Å². The third-order valence-electron chi connectivity index (χ3n) is 5.97. The zero-order chi connectivity index (χ0) is 19.7. The van der Waals surface area contributed by atoms with Gasteiger partial charge >= 0.3 is 0 Å². The number of hydrogen-bond acceptors (Lipinski definition) is 4. The highest BCUT2D eigenvalue weighted by Gasteiger charge is 2.47. The number of likely N-dealkylation sites (tertiary alicyclic amines) is 1. The lowest BCUT2D eigenvalue weighted by Crippen LogP contribution is -2.49. The van der Waals surface area contributed by atoms with E-state index in [2.05, 4.69) is 4.90 Å². The molecular formula is C21H24FN3O3. The number of amides is 3. The van der Waals surface area contributed by atoms with E-state index >= 15 is 0 Å². The lowest BCUT2D eigenvalue weighted by atomic mass is 9.85. The monoisotopic (exact) mass is 385 g/mol.